The highest BCUT2D eigenvalue weighted by Crippen LogP contribution is 2.25. The van der Waals surface area contributed by atoms with Gasteiger partial charge in [-0.25, -0.2) is 0 Å². The second-order valence-corrected chi connectivity index (χ2v) is 6.95. The first-order valence-corrected chi connectivity index (χ1v) is 7.79. The Hall–Kier alpha value is -0.860. The molecular formula is C18H31NO. The average Bonchev–Trinajstić information content (AvgIpc) is 2.36. The van der Waals surface area contributed by atoms with Crippen LogP contribution in [0.25, 0.3) is 0 Å². The lowest BCUT2D eigenvalue weighted by Gasteiger charge is -2.22. The van der Waals surface area contributed by atoms with Crippen molar-refractivity contribution < 1.29 is 5.11 Å². The Morgan fingerprint density at radius 2 is 1.85 bits per heavy atom. The van der Waals surface area contributed by atoms with Crippen LogP contribution in [0.5, 0.6) is 0 Å². The average molecular weight is 277 g/mol. The van der Waals surface area contributed by atoms with Gasteiger partial charge < -0.3 is 10.8 Å². The number of nitrogens with two attached hydrogens (primary N) is 1. The quantitative estimate of drug-likeness (QED) is 0.832. The summed E-state index contributed by atoms with van der Waals surface area (Å²) < 4.78 is 0. The maximum atomic E-state index is 10.1. The van der Waals surface area contributed by atoms with E-state index in [9.17, 15) is 5.11 Å². The number of hydrogen-bond donors (Lipinski definition) is 2. The van der Waals surface area contributed by atoms with Crippen molar-refractivity contribution in [3.05, 3.63) is 34.9 Å². The van der Waals surface area contributed by atoms with Crippen LogP contribution in [0, 0.1) is 6.92 Å². The lowest BCUT2D eigenvalue weighted by molar-refractivity contribution is 0.131. The second-order valence-electron chi connectivity index (χ2n) is 6.95. The smallest absolute Gasteiger partial charge is 0.0694 e. The Labute approximate surface area is 124 Å². The Morgan fingerprint density at radius 1 is 1.20 bits per heavy atom. The number of rotatable bonds is 6. The number of benzene rings is 1. The van der Waals surface area contributed by atoms with E-state index in [-0.39, 0.29) is 11.5 Å². The van der Waals surface area contributed by atoms with Crippen molar-refractivity contribution in [3.8, 4) is 0 Å². The zero-order valence-corrected chi connectivity index (χ0v) is 13.7. The van der Waals surface area contributed by atoms with Crippen LogP contribution in [0.4, 0.5) is 0 Å². The number of hydrogen-bond acceptors (Lipinski definition) is 2. The molecule has 1 rings (SSSR count). The van der Waals surface area contributed by atoms with Crippen LogP contribution < -0.4 is 5.73 Å². The van der Waals surface area contributed by atoms with Gasteiger partial charge in [0.2, 0.25) is 0 Å². The van der Waals surface area contributed by atoms with Crippen molar-refractivity contribution in [1.29, 1.82) is 0 Å². The predicted octanol–water partition coefficient (Wildman–Crippen LogP) is 3.71. The third-order valence-corrected chi connectivity index (χ3v) is 4.04. The number of aryl methyl sites for hydroxylation is 2. The molecule has 0 radical (unpaired) electrons. The highest BCUT2D eigenvalue weighted by Gasteiger charge is 2.17. The lowest BCUT2D eigenvalue weighted by Crippen LogP contribution is -2.34. The molecule has 0 aliphatic carbocycles. The molecule has 114 valence electrons. The molecule has 3 N–H and O–H groups in total. The Balaban J connectivity index is 2.72. The van der Waals surface area contributed by atoms with E-state index in [0.717, 1.165) is 25.7 Å². The summed E-state index contributed by atoms with van der Waals surface area (Å²) >= 11 is 0. The van der Waals surface area contributed by atoms with Gasteiger partial charge in [0.15, 0.2) is 0 Å². The monoisotopic (exact) mass is 277 g/mol. The van der Waals surface area contributed by atoms with Crippen molar-refractivity contribution in [2.45, 2.75) is 77.9 Å². The SMILES string of the molecule is CCCC(N)C(O)CCc1cc(C(C)(C)C)ccc1C. The first-order chi connectivity index (χ1) is 9.25. The molecule has 1 aromatic rings. The van der Waals surface area contributed by atoms with Gasteiger partial charge in [-0.3, -0.25) is 0 Å². The minimum Gasteiger partial charge on any atom is -0.392 e. The summed E-state index contributed by atoms with van der Waals surface area (Å²) in [5.41, 5.74) is 10.1. The van der Waals surface area contributed by atoms with E-state index in [1.54, 1.807) is 0 Å². The van der Waals surface area contributed by atoms with Crippen LogP contribution in [0.1, 0.15) is 63.6 Å². The van der Waals surface area contributed by atoms with Crippen LogP contribution in [0.3, 0.4) is 0 Å². The molecule has 0 aromatic heterocycles. The molecule has 2 nitrogen and oxygen atoms in total. The molecule has 0 saturated heterocycles. The second kappa shape index (κ2) is 7.24. The van der Waals surface area contributed by atoms with Gasteiger partial charge in [0.25, 0.3) is 0 Å². The molecule has 2 atom stereocenters. The molecule has 0 spiro atoms. The summed E-state index contributed by atoms with van der Waals surface area (Å²) in [6.07, 6.45) is 3.16. The first-order valence-electron chi connectivity index (χ1n) is 7.79. The van der Waals surface area contributed by atoms with Crippen LogP contribution >= 0.6 is 0 Å². The first kappa shape index (κ1) is 17.2. The zero-order chi connectivity index (χ0) is 15.3. The van der Waals surface area contributed by atoms with Gasteiger partial charge in [0, 0.05) is 6.04 Å². The standard InChI is InChI=1S/C18H31NO/c1-6-7-16(19)17(20)11-9-14-12-15(18(3,4)5)10-8-13(14)2/h8,10,12,16-17,20H,6-7,9,11,19H2,1-5H3. The van der Waals surface area contributed by atoms with E-state index in [1.165, 1.54) is 16.7 Å². The van der Waals surface area contributed by atoms with E-state index in [1.807, 2.05) is 0 Å². The molecule has 0 amide bonds. The Bertz CT molecular complexity index is 420. The molecule has 0 heterocycles. The van der Waals surface area contributed by atoms with Crippen molar-refractivity contribution in [2.75, 3.05) is 0 Å². The fourth-order valence-corrected chi connectivity index (χ4v) is 2.45. The molecule has 2 unspecified atom stereocenters. The summed E-state index contributed by atoms with van der Waals surface area (Å²) in [5, 5.41) is 10.1. The van der Waals surface area contributed by atoms with Crippen LogP contribution in [-0.2, 0) is 11.8 Å². The highest BCUT2D eigenvalue weighted by molar-refractivity contribution is 5.34. The molecule has 2 heteroatoms. The summed E-state index contributed by atoms with van der Waals surface area (Å²) in [7, 11) is 0. The van der Waals surface area contributed by atoms with Crippen molar-refractivity contribution in [1.82, 2.24) is 0 Å². The fourth-order valence-electron chi connectivity index (χ4n) is 2.45. The maximum Gasteiger partial charge on any atom is 0.0694 e. The van der Waals surface area contributed by atoms with Crippen molar-refractivity contribution in [3.63, 3.8) is 0 Å². The molecule has 0 fully saturated rings. The number of aliphatic hydroxyl groups is 1. The van der Waals surface area contributed by atoms with Gasteiger partial charge in [-0.05, 0) is 48.3 Å². The minimum atomic E-state index is -0.396. The summed E-state index contributed by atoms with van der Waals surface area (Å²) in [6, 6.07) is 6.59. The normalized spacial score (nSPS) is 15.2. The summed E-state index contributed by atoms with van der Waals surface area (Å²) in [6.45, 7) is 10.9. The van der Waals surface area contributed by atoms with Gasteiger partial charge >= 0.3 is 0 Å². The largest absolute Gasteiger partial charge is 0.392 e. The van der Waals surface area contributed by atoms with Gasteiger partial charge in [-0.15, -0.1) is 0 Å². The van der Waals surface area contributed by atoms with Crippen molar-refractivity contribution in [2.24, 2.45) is 5.73 Å². The van der Waals surface area contributed by atoms with Crippen LogP contribution in [0.15, 0.2) is 18.2 Å². The molecule has 0 aliphatic rings. The number of aliphatic hydroxyl groups excluding tert-OH is 1. The van der Waals surface area contributed by atoms with E-state index in [2.05, 4.69) is 52.8 Å². The van der Waals surface area contributed by atoms with Gasteiger partial charge in [-0.2, -0.15) is 0 Å². The topological polar surface area (TPSA) is 46.2 Å². The zero-order valence-electron chi connectivity index (χ0n) is 13.7. The molecule has 0 saturated carbocycles. The van der Waals surface area contributed by atoms with Crippen LogP contribution in [0.2, 0.25) is 0 Å². The molecule has 20 heavy (non-hydrogen) atoms. The van der Waals surface area contributed by atoms with E-state index in [0.29, 0.717) is 0 Å². The highest BCUT2D eigenvalue weighted by atomic mass is 16.3. The third kappa shape index (κ3) is 4.92. The van der Waals surface area contributed by atoms with E-state index in [4.69, 9.17) is 5.73 Å². The van der Waals surface area contributed by atoms with Gasteiger partial charge in [0.05, 0.1) is 6.10 Å². The van der Waals surface area contributed by atoms with E-state index < -0.39 is 6.10 Å². The molecule has 0 bridgehead atoms. The van der Waals surface area contributed by atoms with Crippen LogP contribution in [-0.4, -0.2) is 17.3 Å². The summed E-state index contributed by atoms with van der Waals surface area (Å²) in [5.74, 6) is 0. The van der Waals surface area contributed by atoms with Gasteiger partial charge in [0.1, 0.15) is 0 Å². The van der Waals surface area contributed by atoms with Crippen molar-refractivity contribution >= 4 is 0 Å². The third-order valence-electron chi connectivity index (χ3n) is 4.04. The minimum absolute atomic E-state index is 0.0916. The predicted molar refractivity (Wildman–Crippen MR) is 87.1 cm³/mol. The molecular weight excluding hydrogens is 246 g/mol. The fraction of sp³-hybridized carbons (Fsp3) is 0.667. The lowest BCUT2D eigenvalue weighted by atomic mass is 9.84. The summed E-state index contributed by atoms with van der Waals surface area (Å²) in [4.78, 5) is 0. The van der Waals surface area contributed by atoms with E-state index >= 15 is 0 Å². The Kier molecular flexibility index (Phi) is 6.22. The molecule has 1 aromatic carbocycles. The Morgan fingerprint density at radius 3 is 2.40 bits per heavy atom. The molecule has 0 aliphatic heterocycles. The van der Waals surface area contributed by atoms with Gasteiger partial charge in [-0.1, -0.05) is 52.3 Å². The maximum absolute atomic E-state index is 10.1.